The van der Waals surface area contributed by atoms with Gasteiger partial charge in [-0.2, -0.15) is 0 Å². The van der Waals surface area contributed by atoms with Crippen molar-refractivity contribution in [3.05, 3.63) is 29.3 Å². The van der Waals surface area contributed by atoms with Crippen molar-refractivity contribution >= 4 is 17.5 Å². The Hall–Kier alpha value is -2.08. The maximum Gasteiger partial charge on any atom is 0.298 e. The van der Waals surface area contributed by atoms with Gasteiger partial charge in [0.2, 0.25) is 0 Å². The normalized spacial score (nSPS) is 13.7. The highest BCUT2D eigenvalue weighted by atomic mass is 16.6. The molecule has 0 aliphatic carbocycles. The van der Waals surface area contributed by atoms with Gasteiger partial charge in [-0.1, -0.05) is 13.0 Å². The molecule has 1 aliphatic heterocycles. The minimum Gasteiger partial charge on any atom is -0.276 e. The van der Waals surface area contributed by atoms with Crippen molar-refractivity contribution in [3.63, 3.8) is 0 Å². The summed E-state index contributed by atoms with van der Waals surface area (Å²) in [5.41, 5.74) is 3.55. The molecule has 2 rings (SSSR count). The van der Waals surface area contributed by atoms with E-state index >= 15 is 0 Å². The lowest BCUT2D eigenvalue weighted by molar-refractivity contribution is 0.0920. The quantitative estimate of drug-likeness (QED) is 0.638. The van der Waals surface area contributed by atoms with E-state index < -0.39 is 11.8 Å². The van der Waals surface area contributed by atoms with Crippen molar-refractivity contribution < 1.29 is 14.4 Å². The molecule has 6 nitrogen and oxygen atoms in total. The monoisotopic (exact) mass is 233 g/mol. The fraction of sp³-hybridized carbons (Fsp3) is 0.273. The summed E-state index contributed by atoms with van der Waals surface area (Å²) in [5.74, 6) is -1.05. The number of hydrogen-bond donors (Lipinski definition) is 1. The molecule has 0 spiro atoms. The van der Waals surface area contributed by atoms with Crippen molar-refractivity contribution in [2.75, 3.05) is 12.1 Å². The van der Waals surface area contributed by atoms with Crippen LogP contribution in [0.4, 0.5) is 5.69 Å². The molecule has 0 aromatic heterocycles. The van der Waals surface area contributed by atoms with Crippen LogP contribution in [0.5, 0.6) is 0 Å². The highest BCUT2D eigenvalue weighted by Gasteiger charge is 2.24. The number of nitrogens with zero attached hydrogens (tertiary/aromatic N) is 2. The van der Waals surface area contributed by atoms with E-state index in [4.69, 9.17) is 4.84 Å². The van der Waals surface area contributed by atoms with Crippen LogP contribution in [0.2, 0.25) is 0 Å². The van der Waals surface area contributed by atoms with Gasteiger partial charge in [-0.05, 0) is 18.6 Å². The lowest BCUT2D eigenvalue weighted by Crippen LogP contribution is -2.15. The van der Waals surface area contributed by atoms with Crippen LogP contribution in [0.3, 0.4) is 0 Å². The molecule has 1 aromatic carbocycles. The first-order valence-electron chi connectivity index (χ1n) is 5.25. The third-order valence-corrected chi connectivity index (χ3v) is 2.23. The first-order chi connectivity index (χ1) is 8.24. The number of anilines is 1. The van der Waals surface area contributed by atoms with E-state index in [9.17, 15) is 9.59 Å². The van der Waals surface area contributed by atoms with Crippen molar-refractivity contribution in [1.29, 1.82) is 0 Å². The topological polar surface area (TPSA) is 80.1 Å². The number of hydrogen-bond acceptors (Lipinski definition) is 4. The van der Waals surface area contributed by atoms with E-state index in [1.165, 1.54) is 0 Å². The summed E-state index contributed by atoms with van der Waals surface area (Å²) < 4.78 is 0. The number of nitrogens with one attached hydrogen (secondary N) is 1. The Morgan fingerprint density at radius 3 is 2.76 bits per heavy atom. The van der Waals surface area contributed by atoms with Crippen LogP contribution < -0.4 is 5.48 Å². The molecule has 0 fully saturated rings. The summed E-state index contributed by atoms with van der Waals surface area (Å²) in [6.45, 7) is 2.47. The van der Waals surface area contributed by atoms with Gasteiger partial charge in [0.15, 0.2) is 0 Å². The lowest BCUT2D eigenvalue weighted by Gasteiger charge is -2.13. The van der Waals surface area contributed by atoms with Crippen LogP contribution in [0.25, 0.3) is 0 Å². The van der Waals surface area contributed by atoms with Crippen molar-refractivity contribution in [2.45, 2.75) is 13.3 Å². The molecule has 1 aliphatic rings. The van der Waals surface area contributed by atoms with E-state index in [0.717, 1.165) is 6.42 Å². The third-order valence-electron chi connectivity index (χ3n) is 2.23. The molecule has 6 heteroatoms. The number of carbonyl (C=O) groups excluding carboxylic acids is 2. The molecule has 1 N–H and O–H groups in total. The van der Waals surface area contributed by atoms with Gasteiger partial charge in [-0.3, -0.25) is 19.9 Å². The zero-order valence-corrected chi connectivity index (χ0v) is 9.27. The molecule has 1 heterocycles. The van der Waals surface area contributed by atoms with E-state index in [1.807, 2.05) is 6.92 Å². The average Bonchev–Trinajstić information content (AvgIpc) is 2.34. The Morgan fingerprint density at radius 2 is 2.00 bits per heavy atom. The summed E-state index contributed by atoms with van der Waals surface area (Å²) in [5, 5.41) is 6.54. The van der Waals surface area contributed by atoms with Crippen molar-refractivity contribution in [3.8, 4) is 0 Å². The van der Waals surface area contributed by atoms with Crippen LogP contribution in [0.15, 0.2) is 28.4 Å². The zero-order chi connectivity index (χ0) is 12.3. The second-order valence-corrected chi connectivity index (χ2v) is 3.49. The lowest BCUT2D eigenvalue weighted by atomic mass is 10.0. The second-order valence-electron chi connectivity index (χ2n) is 3.49. The molecule has 0 unspecified atom stereocenters. The Balaban J connectivity index is 2.33. The minimum absolute atomic E-state index is 0.212. The van der Waals surface area contributed by atoms with Gasteiger partial charge in [-0.25, -0.2) is 0 Å². The van der Waals surface area contributed by atoms with Gasteiger partial charge in [-0.15, -0.1) is 10.2 Å². The fourth-order valence-corrected chi connectivity index (χ4v) is 1.47. The zero-order valence-electron chi connectivity index (χ0n) is 9.27. The number of fused-ring (bicyclic) bond motifs is 1. The van der Waals surface area contributed by atoms with Crippen LogP contribution in [0, 0.1) is 0 Å². The van der Waals surface area contributed by atoms with E-state index in [-0.39, 0.29) is 11.1 Å². The summed E-state index contributed by atoms with van der Waals surface area (Å²) in [6, 6.07) is 4.85. The summed E-state index contributed by atoms with van der Waals surface area (Å²) >= 11 is 0. The number of rotatable bonds is 4. The summed E-state index contributed by atoms with van der Waals surface area (Å²) in [7, 11) is 0. The minimum atomic E-state index is -0.539. The molecule has 17 heavy (non-hydrogen) atoms. The molecular formula is C11H11N3O3. The average molecular weight is 233 g/mol. The van der Waals surface area contributed by atoms with Gasteiger partial charge in [0.1, 0.15) is 0 Å². The van der Waals surface area contributed by atoms with Gasteiger partial charge < -0.3 is 0 Å². The van der Waals surface area contributed by atoms with Crippen LogP contribution >= 0.6 is 0 Å². The van der Waals surface area contributed by atoms with E-state index in [0.29, 0.717) is 12.3 Å². The molecule has 1 aromatic rings. The van der Waals surface area contributed by atoms with E-state index in [2.05, 4.69) is 15.7 Å². The first kappa shape index (κ1) is 11.4. The summed E-state index contributed by atoms with van der Waals surface area (Å²) in [4.78, 5) is 28.1. The number of benzene rings is 1. The van der Waals surface area contributed by atoms with Crippen molar-refractivity contribution in [1.82, 2.24) is 0 Å². The van der Waals surface area contributed by atoms with Crippen molar-refractivity contribution in [2.24, 2.45) is 10.2 Å². The van der Waals surface area contributed by atoms with Gasteiger partial charge >= 0.3 is 0 Å². The first-order valence-corrected chi connectivity index (χ1v) is 5.25. The molecule has 0 radical (unpaired) electrons. The second kappa shape index (κ2) is 4.84. The smallest absolute Gasteiger partial charge is 0.276 e. The van der Waals surface area contributed by atoms with Crippen LogP contribution in [0.1, 0.15) is 34.1 Å². The maximum atomic E-state index is 11.6. The Labute approximate surface area is 97.6 Å². The van der Waals surface area contributed by atoms with Crippen LogP contribution in [-0.4, -0.2) is 18.4 Å². The molecule has 88 valence electrons. The maximum absolute atomic E-state index is 11.6. The van der Waals surface area contributed by atoms with E-state index in [1.54, 1.807) is 18.2 Å². The molecule has 0 saturated heterocycles. The molecule has 2 amide bonds. The number of amides is 2. The Bertz CT molecular complexity index is 497. The standard InChI is InChI=1S/C11H11N3O3/c1-2-6-17-14-8-5-3-4-7-9(8)11(16)13-12-10(7)15/h3-5,14H,2,6H2,1H3. The highest BCUT2D eigenvalue weighted by molar-refractivity contribution is 6.13. The molecule has 0 saturated carbocycles. The highest BCUT2D eigenvalue weighted by Crippen LogP contribution is 2.25. The number of carbonyl (C=O) groups is 2. The van der Waals surface area contributed by atoms with Crippen LogP contribution in [-0.2, 0) is 4.84 Å². The van der Waals surface area contributed by atoms with Gasteiger partial charge in [0.05, 0.1) is 23.4 Å². The Kier molecular flexibility index (Phi) is 3.24. The third kappa shape index (κ3) is 2.21. The fourth-order valence-electron chi connectivity index (χ4n) is 1.47. The Morgan fingerprint density at radius 1 is 1.24 bits per heavy atom. The molecule has 0 bridgehead atoms. The predicted octanol–water partition coefficient (Wildman–Crippen LogP) is 2.19. The predicted molar refractivity (Wildman–Crippen MR) is 59.8 cm³/mol. The largest absolute Gasteiger partial charge is 0.298 e. The molecule has 0 atom stereocenters. The number of azo groups is 1. The van der Waals surface area contributed by atoms with Gasteiger partial charge in [0.25, 0.3) is 11.8 Å². The van der Waals surface area contributed by atoms with Gasteiger partial charge in [0, 0.05) is 0 Å². The summed E-state index contributed by atoms with van der Waals surface area (Å²) in [6.07, 6.45) is 0.842. The molecular weight excluding hydrogens is 222 g/mol. The SMILES string of the molecule is CCCONc1cccc2c1C(=O)N=NC2=O.